The summed E-state index contributed by atoms with van der Waals surface area (Å²) in [7, 11) is 1.65. The van der Waals surface area contributed by atoms with Crippen molar-refractivity contribution in [1.82, 2.24) is 9.88 Å². The van der Waals surface area contributed by atoms with E-state index in [4.69, 9.17) is 9.47 Å². The van der Waals surface area contributed by atoms with Gasteiger partial charge in [0.25, 0.3) is 0 Å². The van der Waals surface area contributed by atoms with Gasteiger partial charge in [-0.25, -0.2) is 4.98 Å². The van der Waals surface area contributed by atoms with E-state index in [1.54, 1.807) is 7.11 Å². The van der Waals surface area contributed by atoms with Crippen molar-refractivity contribution in [3.05, 3.63) is 42.5 Å². The molecule has 2 bridgehead atoms. The summed E-state index contributed by atoms with van der Waals surface area (Å²) in [4.78, 5) is 7.01. The Kier molecular flexibility index (Phi) is 5.06. The monoisotopic (exact) mass is 368 g/mol. The predicted octanol–water partition coefficient (Wildman–Crippen LogP) is 3.57. The zero-order valence-electron chi connectivity index (χ0n) is 16.1. The Labute approximate surface area is 160 Å². The Morgan fingerprint density at radius 2 is 2.26 bits per heavy atom. The van der Waals surface area contributed by atoms with Gasteiger partial charge in [-0.05, 0) is 61.9 Å². The molecule has 0 radical (unpaired) electrons. The summed E-state index contributed by atoms with van der Waals surface area (Å²) in [5.74, 6) is 2.47. The van der Waals surface area contributed by atoms with Gasteiger partial charge in [-0.15, -0.1) is 6.58 Å². The number of aliphatic hydroxyl groups excluding tert-OH is 1. The zero-order valence-corrected chi connectivity index (χ0v) is 16.1. The smallest absolute Gasteiger partial charge is 0.214 e. The summed E-state index contributed by atoms with van der Waals surface area (Å²) in [6, 6.07) is 7.78. The maximum atomic E-state index is 11.4. The molecule has 3 aliphatic rings. The summed E-state index contributed by atoms with van der Waals surface area (Å²) in [5.41, 5.74) is 1.69. The topological polar surface area (TPSA) is 54.8 Å². The van der Waals surface area contributed by atoms with Gasteiger partial charge in [-0.3, -0.25) is 4.90 Å². The van der Waals surface area contributed by atoms with Gasteiger partial charge in [0.05, 0.1) is 25.3 Å². The number of hydrogen-bond donors (Lipinski definition) is 1. The Bertz CT molecular complexity index is 838. The number of piperidine rings is 3. The van der Waals surface area contributed by atoms with Crippen LogP contribution in [0.2, 0.25) is 0 Å². The molecule has 27 heavy (non-hydrogen) atoms. The molecule has 0 amide bonds. The summed E-state index contributed by atoms with van der Waals surface area (Å²) in [6.07, 6.45) is 3.68. The number of ether oxygens (including phenoxy) is 2. The number of hydrogen-bond acceptors (Lipinski definition) is 5. The molecule has 5 rings (SSSR count). The minimum Gasteiger partial charge on any atom is -0.497 e. The van der Waals surface area contributed by atoms with Gasteiger partial charge in [0.1, 0.15) is 5.75 Å². The molecule has 1 unspecified atom stereocenters. The lowest BCUT2D eigenvalue weighted by Crippen LogP contribution is -2.54. The summed E-state index contributed by atoms with van der Waals surface area (Å²) in [5, 5.41) is 12.3. The molecule has 5 nitrogen and oxygen atoms in total. The highest BCUT2D eigenvalue weighted by molar-refractivity contribution is 5.84. The van der Waals surface area contributed by atoms with E-state index in [-0.39, 0.29) is 6.04 Å². The lowest BCUT2D eigenvalue weighted by Gasteiger charge is -2.50. The molecular weight excluding hydrogens is 340 g/mol. The number of methoxy groups -OCH3 is 1. The van der Waals surface area contributed by atoms with E-state index in [0.717, 1.165) is 41.7 Å². The molecule has 1 aromatic heterocycles. The minimum atomic E-state index is -0.588. The average Bonchev–Trinajstić information content (AvgIpc) is 2.72. The first kappa shape index (κ1) is 18.3. The third-order valence-electron chi connectivity index (χ3n) is 6.15. The second-order valence-corrected chi connectivity index (χ2v) is 7.56. The minimum absolute atomic E-state index is 0.117. The highest BCUT2D eigenvalue weighted by Crippen LogP contribution is 2.42. The van der Waals surface area contributed by atoms with E-state index in [1.807, 2.05) is 31.2 Å². The number of fused-ring (bicyclic) bond motifs is 4. The van der Waals surface area contributed by atoms with Gasteiger partial charge in [0.15, 0.2) is 0 Å². The fraction of sp³-hybridized carbons (Fsp3) is 0.500. The van der Waals surface area contributed by atoms with E-state index in [2.05, 4.69) is 22.5 Å². The lowest BCUT2D eigenvalue weighted by atomic mass is 9.73. The largest absolute Gasteiger partial charge is 0.497 e. The van der Waals surface area contributed by atoms with Crippen LogP contribution < -0.4 is 9.47 Å². The number of nitrogens with zero attached hydrogens (tertiary/aromatic N) is 2. The van der Waals surface area contributed by atoms with Crippen LogP contribution in [0.25, 0.3) is 10.9 Å². The summed E-state index contributed by atoms with van der Waals surface area (Å²) >= 11 is 0. The van der Waals surface area contributed by atoms with Crippen LogP contribution in [0.3, 0.4) is 0 Å². The average molecular weight is 368 g/mol. The summed E-state index contributed by atoms with van der Waals surface area (Å²) < 4.78 is 11.1. The molecule has 0 aliphatic carbocycles. The Morgan fingerprint density at radius 3 is 2.93 bits per heavy atom. The molecule has 5 atom stereocenters. The predicted molar refractivity (Wildman–Crippen MR) is 106 cm³/mol. The second-order valence-electron chi connectivity index (χ2n) is 7.56. The standard InChI is InChI=1S/C22H28N2O3/c1-4-14-13-24-9-8-15(14)10-20(24)22(25)18-12-21(27-5-2)23-19-7-6-16(26-3)11-17(18)19/h4,6-7,11-12,14-15,20,22,25H,1,5,8-10,13H2,2-3H3/t14-,15-,20+,22-/m0/s1. The van der Waals surface area contributed by atoms with E-state index < -0.39 is 6.10 Å². The molecule has 1 N–H and O–H groups in total. The highest BCUT2D eigenvalue weighted by Gasteiger charge is 2.42. The van der Waals surface area contributed by atoms with Crippen molar-refractivity contribution in [3.63, 3.8) is 0 Å². The molecular formula is C22H28N2O3. The number of rotatable bonds is 6. The Balaban J connectivity index is 1.74. The maximum absolute atomic E-state index is 11.4. The zero-order chi connectivity index (χ0) is 19.0. The number of aliphatic hydroxyl groups is 1. The molecule has 3 aliphatic heterocycles. The third-order valence-corrected chi connectivity index (χ3v) is 6.15. The highest BCUT2D eigenvalue weighted by atomic mass is 16.5. The van der Waals surface area contributed by atoms with Crippen LogP contribution in [-0.2, 0) is 0 Å². The van der Waals surface area contributed by atoms with Crippen LogP contribution >= 0.6 is 0 Å². The first-order chi connectivity index (χ1) is 13.1. The van der Waals surface area contributed by atoms with Crippen LogP contribution in [0, 0.1) is 11.8 Å². The van der Waals surface area contributed by atoms with Crippen LogP contribution in [0.5, 0.6) is 11.6 Å². The Morgan fingerprint density at radius 1 is 1.41 bits per heavy atom. The van der Waals surface area contributed by atoms with Gasteiger partial charge < -0.3 is 14.6 Å². The van der Waals surface area contributed by atoms with Gasteiger partial charge in [0.2, 0.25) is 5.88 Å². The molecule has 0 spiro atoms. The van der Waals surface area contributed by atoms with Crippen molar-refractivity contribution in [3.8, 4) is 11.6 Å². The van der Waals surface area contributed by atoms with Crippen molar-refractivity contribution < 1.29 is 14.6 Å². The normalized spacial score (nSPS) is 28.1. The molecule has 3 fully saturated rings. The van der Waals surface area contributed by atoms with E-state index >= 15 is 0 Å². The molecule has 3 saturated heterocycles. The fourth-order valence-electron chi connectivity index (χ4n) is 4.71. The number of aromatic nitrogens is 1. The second kappa shape index (κ2) is 7.49. The van der Waals surface area contributed by atoms with Gasteiger partial charge in [0, 0.05) is 24.0 Å². The van der Waals surface area contributed by atoms with Crippen molar-refractivity contribution in [2.75, 3.05) is 26.8 Å². The van der Waals surface area contributed by atoms with E-state index in [9.17, 15) is 5.11 Å². The SMILES string of the molecule is C=C[C@H]1CN2CC[C@H]1C[C@@H]2[C@@H](O)c1cc(OCC)nc2ccc(OC)cc12. The van der Waals surface area contributed by atoms with Crippen LogP contribution in [0.15, 0.2) is 36.9 Å². The number of pyridine rings is 1. The van der Waals surface area contributed by atoms with Gasteiger partial charge in [-0.2, -0.15) is 0 Å². The van der Waals surface area contributed by atoms with Crippen LogP contribution in [-0.4, -0.2) is 47.8 Å². The lowest BCUT2D eigenvalue weighted by molar-refractivity contribution is -0.0445. The first-order valence-corrected chi connectivity index (χ1v) is 9.80. The molecule has 2 aromatic rings. The van der Waals surface area contributed by atoms with Gasteiger partial charge in [-0.1, -0.05) is 6.08 Å². The van der Waals surface area contributed by atoms with Gasteiger partial charge >= 0.3 is 0 Å². The molecule has 5 heteroatoms. The number of benzene rings is 1. The van der Waals surface area contributed by atoms with Crippen molar-refractivity contribution in [2.24, 2.45) is 11.8 Å². The van der Waals surface area contributed by atoms with E-state index in [0.29, 0.717) is 24.3 Å². The first-order valence-electron chi connectivity index (χ1n) is 9.80. The van der Waals surface area contributed by atoms with Crippen molar-refractivity contribution in [2.45, 2.75) is 31.9 Å². The third kappa shape index (κ3) is 3.30. The molecule has 144 valence electrons. The van der Waals surface area contributed by atoms with Crippen molar-refractivity contribution in [1.29, 1.82) is 0 Å². The Hall–Kier alpha value is -2.11. The van der Waals surface area contributed by atoms with Crippen LogP contribution in [0.1, 0.15) is 31.4 Å². The molecule has 4 heterocycles. The van der Waals surface area contributed by atoms with Crippen molar-refractivity contribution >= 4 is 10.9 Å². The summed E-state index contributed by atoms with van der Waals surface area (Å²) in [6.45, 7) is 8.51. The maximum Gasteiger partial charge on any atom is 0.214 e. The quantitative estimate of drug-likeness (QED) is 0.790. The van der Waals surface area contributed by atoms with Crippen LogP contribution in [0.4, 0.5) is 0 Å². The fourth-order valence-corrected chi connectivity index (χ4v) is 4.71. The molecule has 1 aromatic carbocycles. The van der Waals surface area contributed by atoms with E-state index in [1.165, 1.54) is 6.42 Å². The molecule has 0 saturated carbocycles.